The monoisotopic (exact) mass is 317 g/mol. The topological polar surface area (TPSA) is 70.2 Å². The lowest BCUT2D eigenvalue weighted by molar-refractivity contribution is -0.121. The minimum atomic E-state index is 0.169. The molecular weight excluding hydrogens is 290 g/mol. The molecule has 126 valence electrons. The van der Waals surface area contributed by atoms with Gasteiger partial charge in [0, 0.05) is 38.7 Å². The van der Waals surface area contributed by atoms with Crippen LogP contribution in [0.5, 0.6) is 0 Å². The molecule has 1 saturated heterocycles. The zero-order valence-electron chi connectivity index (χ0n) is 14.0. The van der Waals surface area contributed by atoms with Crippen molar-refractivity contribution in [1.82, 2.24) is 15.3 Å². The van der Waals surface area contributed by atoms with Gasteiger partial charge in [-0.2, -0.15) is 0 Å². The molecule has 0 radical (unpaired) electrons. The molecule has 0 spiro atoms. The SMILES string of the molecule is Cc1nc(NCCNC(=O)CC2CC2)cc(N2CCCCC2)n1. The minimum absolute atomic E-state index is 0.169. The fourth-order valence-electron chi connectivity index (χ4n) is 2.98. The van der Waals surface area contributed by atoms with E-state index in [1.807, 2.05) is 13.0 Å². The van der Waals surface area contributed by atoms with Crippen molar-refractivity contribution in [3.8, 4) is 0 Å². The molecule has 1 aromatic heterocycles. The second kappa shape index (κ2) is 7.62. The summed E-state index contributed by atoms with van der Waals surface area (Å²) in [5.74, 6) is 3.45. The lowest BCUT2D eigenvalue weighted by Crippen LogP contribution is -2.31. The van der Waals surface area contributed by atoms with Crippen molar-refractivity contribution in [2.45, 2.75) is 45.4 Å². The van der Waals surface area contributed by atoms with E-state index < -0.39 is 0 Å². The number of carbonyl (C=O) groups excluding carboxylic acids is 1. The Hall–Kier alpha value is -1.85. The average molecular weight is 317 g/mol. The van der Waals surface area contributed by atoms with Crippen LogP contribution in [0.4, 0.5) is 11.6 Å². The van der Waals surface area contributed by atoms with Crippen LogP contribution in [0, 0.1) is 12.8 Å². The van der Waals surface area contributed by atoms with E-state index in [-0.39, 0.29) is 5.91 Å². The van der Waals surface area contributed by atoms with E-state index in [1.54, 1.807) is 0 Å². The molecule has 2 heterocycles. The Morgan fingerprint density at radius 1 is 1.22 bits per heavy atom. The highest BCUT2D eigenvalue weighted by atomic mass is 16.1. The van der Waals surface area contributed by atoms with E-state index in [4.69, 9.17) is 0 Å². The summed E-state index contributed by atoms with van der Waals surface area (Å²) in [6.45, 7) is 5.40. The third kappa shape index (κ3) is 5.08. The number of nitrogens with one attached hydrogen (secondary N) is 2. The lowest BCUT2D eigenvalue weighted by atomic mass is 10.1. The average Bonchev–Trinajstić information content (AvgIpc) is 3.36. The van der Waals surface area contributed by atoms with Gasteiger partial charge in [0.2, 0.25) is 5.91 Å². The van der Waals surface area contributed by atoms with Gasteiger partial charge in [-0.15, -0.1) is 0 Å². The number of aromatic nitrogens is 2. The largest absolute Gasteiger partial charge is 0.368 e. The summed E-state index contributed by atoms with van der Waals surface area (Å²) in [5.41, 5.74) is 0. The van der Waals surface area contributed by atoms with Crippen LogP contribution in [0.2, 0.25) is 0 Å². The van der Waals surface area contributed by atoms with Crippen molar-refractivity contribution < 1.29 is 4.79 Å². The lowest BCUT2D eigenvalue weighted by Gasteiger charge is -2.28. The van der Waals surface area contributed by atoms with Crippen LogP contribution in [-0.2, 0) is 4.79 Å². The fourth-order valence-corrected chi connectivity index (χ4v) is 2.98. The number of hydrogen-bond donors (Lipinski definition) is 2. The Balaban J connectivity index is 1.46. The van der Waals surface area contributed by atoms with Crippen molar-refractivity contribution in [3.05, 3.63) is 11.9 Å². The summed E-state index contributed by atoms with van der Waals surface area (Å²) >= 11 is 0. The molecule has 0 atom stereocenters. The first-order valence-corrected chi connectivity index (χ1v) is 8.82. The van der Waals surface area contributed by atoms with Crippen LogP contribution in [-0.4, -0.2) is 42.1 Å². The molecule has 0 aromatic carbocycles. The van der Waals surface area contributed by atoms with Gasteiger partial charge in [0.15, 0.2) is 0 Å². The summed E-state index contributed by atoms with van der Waals surface area (Å²) in [4.78, 5) is 23.0. The van der Waals surface area contributed by atoms with Gasteiger partial charge >= 0.3 is 0 Å². The molecule has 2 aliphatic rings. The predicted molar refractivity (Wildman–Crippen MR) is 91.7 cm³/mol. The highest BCUT2D eigenvalue weighted by Gasteiger charge is 2.23. The van der Waals surface area contributed by atoms with E-state index >= 15 is 0 Å². The van der Waals surface area contributed by atoms with Gasteiger partial charge in [0.05, 0.1) is 0 Å². The molecule has 1 aliphatic carbocycles. The third-order valence-corrected chi connectivity index (χ3v) is 4.43. The van der Waals surface area contributed by atoms with Crippen molar-refractivity contribution in [2.75, 3.05) is 36.4 Å². The molecule has 2 fully saturated rings. The number of piperidine rings is 1. The summed E-state index contributed by atoms with van der Waals surface area (Å²) < 4.78 is 0. The van der Waals surface area contributed by atoms with Crippen molar-refractivity contribution >= 4 is 17.5 Å². The van der Waals surface area contributed by atoms with Crippen LogP contribution in [0.1, 0.15) is 44.3 Å². The van der Waals surface area contributed by atoms with Gasteiger partial charge in [-0.25, -0.2) is 9.97 Å². The summed E-state index contributed by atoms with van der Waals surface area (Å²) in [5, 5.41) is 6.26. The molecule has 1 aliphatic heterocycles. The number of anilines is 2. The molecular formula is C17H27N5O. The summed E-state index contributed by atoms with van der Waals surface area (Å²) in [6, 6.07) is 2.02. The first-order valence-electron chi connectivity index (χ1n) is 8.82. The van der Waals surface area contributed by atoms with E-state index in [2.05, 4.69) is 25.5 Å². The zero-order chi connectivity index (χ0) is 16.1. The maximum atomic E-state index is 11.6. The molecule has 0 bridgehead atoms. The quantitative estimate of drug-likeness (QED) is 0.754. The molecule has 6 nitrogen and oxygen atoms in total. The Morgan fingerprint density at radius 2 is 2.00 bits per heavy atom. The normalized spacial score (nSPS) is 17.9. The van der Waals surface area contributed by atoms with Gasteiger partial charge < -0.3 is 15.5 Å². The van der Waals surface area contributed by atoms with Gasteiger partial charge in [-0.05, 0) is 44.9 Å². The first-order chi connectivity index (χ1) is 11.2. The Labute approximate surface area is 138 Å². The number of hydrogen-bond acceptors (Lipinski definition) is 5. The minimum Gasteiger partial charge on any atom is -0.368 e. The third-order valence-electron chi connectivity index (χ3n) is 4.43. The van der Waals surface area contributed by atoms with Crippen LogP contribution < -0.4 is 15.5 Å². The van der Waals surface area contributed by atoms with Gasteiger partial charge in [-0.3, -0.25) is 4.79 Å². The molecule has 1 amide bonds. The molecule has 0 unspecified atom stereocenters. The second-order valence-electron chi connectivity index (χ2n) is 6.63. The van der Waals surface area contributed by atoms with E-state index in [0.717, 1.165) is 30.5 Å². The van der Waals surface area contributed by atoms with Crippen LogP contribution in [0.15, 0.2) is 6.07 Å². The molecule has 1 saturated carbocycles. The highest BCUT2D eigenvalue weighted by Crippen LogP contribution is 2.32. The Bertz CT molecular complexity index is 538. The molecule has 6 heteroatoms. The maximum Gasteiger partial charge on any atom is 0.220 e. The molecule has 23 heavy (non-hydrogen) atoms. The van der Waals surface area contributed by atoms with E-state index in [9.17, 15) is 4.79 Å². The molecule has 3 rings (SSSR count). The van der Waals surface area contributed by atoms with Crippen LogP contribution in [0.25, 0.3) is 0 Å². The van der Waals surface area contributed by atoms with Crippen molar-refractivity contribution in [2.24, 2.45) is 5.92 Å². The van der Waals surface area contributed by atoms with Crippen LogP contribution in [0.3, 0.4) is 0 Å². The smallest absolute Gasteiger partial charge is 0.220 e. The van der Waals surface area contributed by atoms with Crippen molar-refractivity contribution in [3.63, 3.8) is 0 Å². The predicted octanol–water partition coefficient (Wildman–Crippen LogP) is 2.10. The number of rotatable bonds is 7. The van der Waals surface area contributed by atoms with Crippen molar-refractivity contribution in [1.29, 1.82) is 0 Å². The van der Waals surface area contributed by atoms with E-state index in [1.165, 1.54) is 32.1 Å². The molecule has 1 aromatic rings. The van der Waals surface area contributed by atoms with Gasteiger partial charge in [-0.1, -0.05) is 0 Å². The standard InChI is InChI=1S/C17H27N5O/c1-13-20-15(12-16(21-13)22-9-3-2-4-10-22)18-7-8-19-17(23)11-14-5-6-14/h12,14H,2-11H2,1H3,(H,19,23)(H,18,20,21). The second-order valence-corrected chi connectivity index (χ2v) is 6.63. The maximum absolute atomic E-state index is 11.6. The number of nitrogens with zero attached hydrogens (tertiary/aromatic N) is 3. The number of carbonyl (C=O) groups is 1. The Kier molecular flexibility index (Phi) is 5.31. The summed E-state index contributed by atoms with van der Waals surface area (Å²) in [6.07, 6.45) is 6.89. The molecule has 2 N–H and O–H groups in total. The number of aryl methyl sites for hydroxylation is 1. The Morgan fingerprint density at radius 3 is 2.74 bits per heavy atom. The highest BCUT2D eigenvalue weighted by molar-refractivity contribution is 5.76. The van der Waals surface area contributed by atoms with E-state index in [0.29, 0.717) is 25.4 Å². The number of amides is 1. The summed E-state index contributed by atoms with van der Waals surface area (Å²) in [7, 11) is 0. The first kappa shape index (κ1) is 16.0. The van der Waals surface area contributed by atoms with Gasteiger partial charge in [0.25, 0.3) is 0 Å². The zero-order valence-corrected chi connectivity index (χ0v) is 14.0. The van der Waals surface area contributed by atoms with Crippen LogP contribution >= 0.6 is 0 Å². The fraction of sp³-hybridized carbons (Fsp3) is 0.706. The van der Waals surface area contributed by atoms with Gasteiger partial charge in [0.1, 0.15) is 17.5 Å².